The SMILES string of the molecule is CC.CC.CN1CCC(n2c(=O)[nH]c3cccnc32)CC1. The van der Waals surface area contributed by atoms with E-state index in [4.69, 9.17) is 0 Å². The number of rotatable bonds is 1. The summed E-state index contributed by atoms with van der Waals surface area (Å²) in [4.78, 5) is 21.4. The van der Waals surface area contributed by atoms with Crippen molar-refractivity contribution in [2.45, 2.75) is 46.6 Å². The van der Waals surface area contributed by atoms with Crippen molar-refractivity contribution in [3.63, 3.8) is 0 Å². The highest BCUT2D eigenvalue weighted by atomic mass is 16.1. The van der Waals surface area contributed by atoms with E-state index in [9.17, 15) is 4.79 Å². The molecule has 5 heteroatoms. The minimum absolute atomic E-state index is 0.0340. The van der Waals surface area contributed by atoms with Crippen molar-refractivity contribution in [1.82, 2.24) is 19.4 Å². The molecule has 1 saturated heterocycles. The number of hydrogen-bond acceptors (Lipinski definition) is 3. The predicted molar refractivity (Wildman–Crippen MR) is 88.8 cm³/mol. The molecule has 0 bridgehead atoms. The van der Waals surface area contributed by atoms with Crippen LogP contribution in [0.1, 0.15) is 46.6 Å². The maximum absolute atomic E-state index is 12.0. The smallest absolute Gasteiger partial charge is 0.306 e. The second-order valence-electron chi connectivity index (χ2n) is 4.71. The number of aromatic nitrogens is 3. The van der Waals surface area contributed by atoms with Gasteiger partial charge in [0.2, 0.25) is 0 Å². The van der Waals surface area contributed by atoms with Crippen molar-refractivity contribution >= 4 is 11.2 Å². The van der Waals surface area contributed by atoms with Crippen LogP contribution in [0.5, 0.6) is 0 Å². The zero-order chi connectivity index (χ0) is 15.8. The Labute approximate surface area is 127 Å². The van der Waals surface area contributed by atoms with E-state index in [1.165, 1.54) is 0 Å². The zero-order valence-electron chi connectivity index (χ0n) is 13.9. The summed E-state index contributed by atoms with van der Waals surface area (Å²) in [5.41, 5.74) is 1.58. The van der Waals surface area contributed by atoms with E-state index >= 15 is 0 Å². The number of likely N-dealkylation sites (tertiary alicyclic amines) is 1. The fourth-order valence-corrected chi connectivity index (χ4v) is 2.55. The summed E-state index contributed by atoms with van der Waals surface area (Å²) >= 11 is 0. The molecule has 3 rings (SSSR count). The van der Waals surface area contributed by atoms with E-state index in [0.29, 0.717) is 0 Å². The normalized spacial score (nSPS) is 15.9. The maximum Gasteiger partial charge on any atom is 0.327 e. The third-order valence-electron chi connectivity index (χ3n) is 3.53. The summed E-state index contributed by atoms with van der Waals surface area (Å²) in [6.07, 6.45) is 3.76. The number of imidazole rings is 1. The fourth-order valence-electron chi connectivity index (χ4n) is 2.55. The lowest BCUT2D eigenvalue weighted by molar-refractivity contribution is 0.221. The Morgan fingerprint density at radius 1 is 1.19 bits per heavy atom. The molecule has 3 heterocycles. The van der Waals surface area contributed by atoms with E-state index < -0.39 is 0 Å². The van der Waals surface area contributed by atoms with Crippen molar-refractivity contribution < 1.29 is 0 Å². The summed E-state index contributed by atoms with van der Waals surface area (Å²) in [6, 6.07) is 4.02. The Bertz CT molecular complexity index is 579. The number of H-pyrrole nitrogens is 1. The van der Waals surface area contributed by atoms with Gasteiger partial charge >= 0.3 is 5.69 Å². The van der Waals surface area contributed by atoms with Crippen LogP contribution in [-0.2, 0) is 0 Å². The van der Waals surface area contributed by atoms with Crippen LogP contribution in [0.4, 0.5) is 0 Å². The molecule has 0 saturated carbocycles. The Kier molecular flexibility index (Phi) is 7.15. The first-order valence-electron chi connectivity index (χ1n) is 7.99. The van der Waals surface area contributed by atoms with Crippen molar-refractivity contribution in [2.24, 2.45) is 0 Å². The van der Waals surface area contributed by atoms with E-state index in [0.717, 1.165) is 37.1 Å². The minimum Gasteiger partial charge on any atom is -0.306 e. The van der Waals surface area contributed by atoms with E-state index in [1.54, 1.807) is 6.20 Å². The molecule has 1 fully saturated rings. The molecule has 2 aromatic heterocycles. The lowest BCUT2D eigenvalue weighted by atomic mass is 10.1. The minimum atomic E-state index is -0.0340. The van der Waals surface area contributed by atoms with Gasteiger partial charge in [-0.3, -0.25) is 4.57 Å². The van der Waals surface area contributed by atoms with Gasteiger partial charge in [0.15, 0.2) is 5.65 Å². The number of fused-ring (bicyclic) bond motifs is 1. The molecule has 0 atom stereocenters. The van der Waals surface area contributed by atoms with Crippen LogP contribution in [0.25, 0.3) is 11.2 Å². The van der Waals surface area contributed by atoms with Crippen molar-refractivity contribution in [3.05, 3.63) is 28.8 Å². The molecule has 2 aromatic rings. The summed E-state index contributed by atoms with van der Waals surface area (Å²) in [7, 11) is 2.12. The van der Waals surface area contributed by atoms with Crippen molar-refractivity contribution in [2.75, 3.05) is 20.1 Å². The van der Waals surface area contributed by atoms with Crippen LogP contribution in [0.3, 0.4) is 0 Å². The first-order chi connectivity index (χ1) is 10.3. The summed E-state index contributed by atoms with van der Waals surface area (Å²) in [6.45, 7) is 10.1. The highest BCUT2D eigenvalue weighted by molar-refractivity contribution is 5.70. The van der Waals surface area contributed by atoms with Gasteiger partial charge in [0.25, 0.3) is 0 Å². The molecule has 0 spiro atoms. The number of pyridine rings is 1. The molecule has 0 aliphatic carbocycles. The lowest BCUT2D eigenvalue weighted by Gasteiger charge is -2.29. The predicted octanol–water partition coefficient (Wildman–Crippen LogP) is 3.04. The first kappa shape index (κ1) is 17.4. The van der Waals surface area contributed by atoms with Gasteiger partial charge in [-0.15, -0.1) is 0 Å². The maximum atomic E-state index is 12.0. The Hall–Kier alpha value is -1.62. The zero-order valence-corrected chi connectivity index (χ0v) is 13.9. The number of nitrogens with zero attached hydrogens (tertiary/aromatic N) is 3. The largest absolute Gasteiger partial charge is 0.327 e. The highest BCUT2D eigenvalue weighted by Gasteiger charge is 2.22. The average Bonchev–Trinajstić information content (AvgIpc) is 2.88. The average molecular weight is 292 g/mol. The monoisotopic (exact) mass is 292 g/mol. The molecule has 118 valence electrons. The van der Waals surface area contributed by atoms with Crippen LogP contribution in [0.2, 0.25) is 0 Å². The standard InChI is InChI=1S/C12H16N4O.2C2H6/c1-15-7-4-9(5-8-15)16-11-10(14-12(16)17)3-2-6-13-11;2*1-2/h2-3,6,9H,4-5,7-8H2,1H3,(H,14,17);2*1-2H3. The second kappa shape index (κ2) is 8.62. The molecule has 21 heavy (non-hydrogen) atoms. The van der Waals surface area contributed by atoms with Crippen LogP contribution >= 0.6 is 0 Å². The molecule has 1 aliphatic rings. The van der Waals surface area contributed by atoms with E-state index in [2.05, 4.69) is 21.9 Å². The molecule has 1 aliphatic heterocycles. The number of aromatic amines is 1. The van der Waals surface area contributed by atoms with Crippen LogP contribution < -0.4 is 5.69 Å². The number of nitrogens with one attached hydrogen (secondary N) is 1. The molecule has 0 radical (unpaired) electrons. The summed E-state index contributed by atoms with van der Waals surface area (Å²) < 4.78 is 1.82. The van der Waals surface area contributed by atoms with Gasteiger partial charge in [-0.05, 0) is 45.1 Å². The molecule has 0 unspecified atom stereocenters. The van der Waals surface area contributed by atoms with E-state index in [-0.39, 0.29) is 11.7 Å². The molecule has 1 N–H and O–H groups in total. The third kappa shape index (κ3) is 3.94. The Balaban J connectivity index is 0.000000510. The van der Waals surface area contributed by atoms with Gasteiger partial charge in [-0.2, -0.15) is 0 Å². The fraction of sp³-hybridized carbons (Fsp3) is 0.625. The highest BCUT2D eigenvalue weighted by Crippen LogP contribution is 2.22. The Morgan fingerprint density at radius 3 is 2.43 bits per heavy atom. The molecule has 0 aromatic carbocycles. The molecule has 0 amide bonds. The van der Waals surface area contributed by atoms with Gasteiger partial charge < -0.3 is 9.88 Å². The third-order valence-corrected chi connectivity index (χ3v) is 3.53. The number of piperidine rings is 1. The van der Waals surface area contributed by atoms with Gasteiger partial charge in [-0.1, -0.05) is 27.7 Å². The van der Waals surface area contributed by atoms with Crippen LogP contribution in [-0.4, -0.2) is 39.6 Å². The van der Waals surface area contributed by atoms with Crippen LogP contribution in [0, 0.1) is 0 Å². The topological polar surface area (TPSA) is 53.9 Å². The van der Waals surface area contributed by atoms with Gasteiger partial charge in [-0.25, -0.2) is 9.78 Å². The number of hydrogen-bond donors (Lipinski definition) is 1. The lowest BCUT2D eigenvalue weighted by Crippen LogP contribution is -2.34. The van der Waals surface area contributed by atoms with Gasteiger partial charge in [0.05, 0.1) is 5.52 Å². The first-order valence-corrected chi connectivity index (χ1v) is 7.99. The van der Waals surface area contributed by atoms with Crippen molar-refractivity contribution in [3.8, 4) is 0 Å². The molecular weight excluding hydrogens is 264 g/mol. The van der Waals surface area contributed by atoms with E-state index in [1.807, 2.05) is 44.4 Å². The Morgan fingerprint density at radius 2 is 1.81 bits per heavy atom. The van der Waals surface area contributed by atoms with Crippen LogP contribution in [0.15, 0.2) is 23.1 Å². The summed E-state index contributed by atoms with van der Waals surface area (Å²) in [5.74, 6) is 0. The van der Waals surface area contributed by atoms with Crippen molar-refractivity contribution in [1.29, 1.82) is 0 Å². The van der Waals surface area contributed by atoms with Gasteiger partial charge in [0.1, 0.15) is 0 Å². The summed E-state index contributed by atoms with van der Waals surface area (Å²) in [5, 5.41) is 0. The quantitative estimate of drug-likeness (QED) is 0.879. The van der Waals surface area contributed by atoms with Gasteiger partial charge in [0, 0.05) is 12.2 Å². The second-order valence-corrected chi connectivity index (χ2v) is 4.71. The molecule has 5 nitrogen and oxygen atoms in total. The molecular formula is C16H28N4O.